The summed E-state index contributed by atoms with van der Waals surface area (Å²) < 4.78 is 11.1. The summed E-state index contributed by atoms with van der Waals surface area (Å²) >= 11 is 0. The molecule has 20 heavy (non-hydrogen) atoms. The van der Waals surface area contributed by atoms with Crippen molar-refractivity contribution in [1.29, 1.82) is 5.26 Å². The second-order valence-electron chi connectivity index (χ2n) is 6.28. The molecule has 3 aliphatic rings. The lowest BCUT2D eigenvalue weighted by molar-refractivity contribution is -0.182. The summed E-state index contributed by atoms with van der Waals surface area (Å²) in [6.45, 7) is 7.29. The first kappa shape index (κ1) is 13.6. The standard InChI is InChI=1S/C15H19NO4/c1-6(2)14(17)19-10-4-8-7(3)11-12(9(8)5-16)15(18)20-13(10)11/h7-13,15,18H,1,4H2,2-3H3. The van der Waals surface area contributed by atoms with Crippen LogP contribution in [0.2, 0.25) is 0 Å². The van der Waals surface area contributed by atoms with Gasteiger partial charge in [-0.3, -0.25) is 0 Å². The molecule has 8 unspecified atom stereocenters. The van der Waals surface area contributed by atoms with Gasteiger partial charge in [-0.1, -0.05) is 13.5 Å². The molecule has 8 atom stereocenters. The predicted molar refractivity (Wildman–Crippen MR) is 68.9 cm³/mol. The number of carbonyl (C=O) groups excluding carboxylic acids is 1. The summed E-state index contributed by atoms with van der Waals surface area (Å²) in [7, 11) is 0. The molecule has 1 saturated heterocycles. The molecule has 5 heteroatoms. The van der Waals surface area contributed by atoms with Crippen molar-refractivity contribution in [3.63, 3.8) is 0 Å². The van der Waals surface area contributed by atoms with Gasteiger partial charge >= 0.3 is 5.97 Å². The van der Waals surface area contributed by atoms with Gasteiger partial charge < -0.3 is 14.6 Å². The predicted octanol–water partition coefficient (Wildman–Crippen LogP) is 1.23. The molecular weight excluding hydrogens is 258 g/mol. The third-order valence-corrected chi connectivity index (χ3v) is 5.23. The number of aliphatic hydroxyl groups excluding tert-OH is 1. The van der Waals surface area contributed by atoms with Gasteiger partial charge in [0, 0.05) is 17.4 Å². The molecule has 2 bridgehead atoms. The van der Waals surface area contributed by atoms with Crippen LogP contribution in [0.1, 0.15) is 20.3 Å². The van der Waals surface area contributed by atoms with Gasteiger partial charge in [0.05, 0.1) is 12.0 Å². The fourth-order valence-corrected chi connectivity index (χ4v) is 4.35. The van der Waals surface area contributed by atoms with Gasteiger partial charge in [0.1, 0.15) is 12.2 Å². The average Bonchev–Trinajstić information content (AvgIpc) is 2.81. The maximum atomic E-state index is 11.7. The Hall–Kier alpha value is -1.38. The number of fused-ring (bicyclic) bond motifs is 1. The number of ether oxygens (including phenoxy) is 2. The summed E-state index contributed by atoms with van der Waals surface area (Å²) in [6.07, 6.45) is -0.984. The molecule has 0 aromatic rings. The average molecular weight is 277 g/mol. The van der Waals surface area contributed by atoms with Crippen molar-refractivity contribution in [2.45, 2.75) is 38.8 Å². The first-order valence-corrected chi connectivity index (χ1v) is 7.05. The third kappa shape index (κ3) is 1.72. The lowest BCUT2D eigenvalue weighted by atomic mass is 9.75. The zero-order valence-electron chi connectivity index (χ0n) is 11.7. The third-order valence-electron chi connectivity index (χ3n) is 5.23. The molecule has 0 aromatic carbocycles. The fourth-order valence-electron chi connectivity index (χ4n) is 4.35. The highest BCUT2D eigenvalue weighted by Crippen LogP contribution is 2.59. The van der Waals surface area contributed by atoms with Crippen LogP contribution in [0.4, 0.5) is 0 Å². The van der Waals surface area contributed by atoms with Crippen LogP contribution in [0.3, 0.4) is 0 Å². The second-order valence-corrected chi connectivity index (χ2v) is 6.28. The zero-order chi connectivity index (χ0) is 14.6. The monoisotopic (exact) mass is 277 g/mol. The van der Waals surface area contributed by atoms with Crippen molar-refractivity contribution in [2.75, 3.05) is 0 Å². The molecule has 3 fully saturated rings. The second kappa shape index (κ2) is 4.57. The Morgan fingerprint density at radius 1 is 1.50 bits per heavy atom. The van der Waals surface area contributed by atoms with Crippen LogP contribution in [0, 0.1) is 40.9 Å². The Morgan fingerprint density at radius 3 is 2.80 bits per heavy atom. The number of hydrogen-bond acceptors (Lipinski definition) is 5. The fraction of sp³-hybridized carbons (Fsp3) is 0.733. The van der Waals surface area contributed by atoms with Gasteiger partial charge in [0.25, 0.3) is 0 Å². The lowest BCUT2D eigenvalue weighted by Gasteiger charge is -2.37. The van der Waals surface area contributed by atoms with Crippen molar-refractivity contribution in [3.05, 3.63) is 12.2 Å². The van der Waals surface area contributed by atoms with Crippen LogP contribution in [0.25, 0.3) is 0 Å². The number of rotatable bonds is 2. The minimum atomic E-state index is -0.923. The van der Waals surface area contributed by atoms with Crippen molar-refractivity contribution in [2.24, 2.45) is 29.6 Å². The van der Waals surface area contributed by atoms with E-state index < -0.39 is 12.3 Å². The summed E-state index contributed by atoms with van der Waals surface area (Å²) in [5, 5.41) is 19.5. The summed E-state index contributed by atoms with van der Waals surface area (Å²) in [6, 6.07) is 2.32. The van der Waals surface area contributed by atoms with Crippen molar-refractivity contribution < 1.29 is 19.4 Å². The van der Waals surface area contributed by atoms with E-state index in [1.807, 2.05) is 0 Å². The van der Waals surface area contributed by atoms with Gasteiger partial charge in [-0.2, -0.15) is 5.26 Å². The molecule has 1 aliphatic heterocycles. The smallest absolute Gasteiger partial charge is 0.333 e. The maximum Gasteiger partial charge on any atom is 0.333 e. The van der Waals surface area contributed by atoms with E-state index in [2.05, 4.69) is 19.6 Å². The minimum absolute atomic E-state index is 0.0938. The molecule has 108 valence electrons. The van der Waals surface area contributed by atoms with Gasteiger partial charge in [0.2, 0.25) is 0 Å². The van der Waals surface area contributed by atoms with Crippen LogP contribution >= 0.6 is 0 Å². The van der Waals surface area contributed by atoms with E-state index in [1.165, 1.54) is 0 Å². The number of esters is 1. The molecule has 3 rings (SSSR count). The quantitative estimate of drug-likeness (QED) is 0.606. The molecule has 0 spiro atoms. The molecule has 5 nitrogen and oxygen atoms in total. The van der Waals surface area contributed by atoms with E-state index >= 15 is 0 Å². The number of aliphatic hydroxyl groups is 1. The number of hydrogen-bond donors (Lipinski definition) is 1. The maximum absolute atomic E-state index is 11.7. The van der Waals surface area contributed by atoms with E-state index in [4.69, 9.17) is 9.47 Å². The van der Waals surface area contributed by atoms with Gasteiger partial charge in [-0.25, -0.2) is 4.79 Å². The molecule has 0 aromatic heterocycles. The summed E-state index contributed by atoms with van der Waals surface area (Å²) in [5.74, 6) is -0.239. The summed E-state index contributed by atoms with van der Waals surface area (Å²) in [4.78, 5) is 11.7. The van der Waals surface area contributed by atoms with Crippen LogP contribution in [0.15, 0.2) is 12.2 Å². The Balaban J connectivity index is 1.88. The number of nitrogens with zero attached hydrogens (tertiary/aromatic N) is 1. The highest BCUT2D eigenvalue weighted by atomic mass is 16.6. The van der Waals surface area contributed by atoms with Gasteiger partial charge in [-0.15, -0.1) is 0 Å². The normalized spacial score (nSPS) is 48.7. The van der Waals surface area contributed by atoms with Crippen LogP contribution < -0.4 is 0 Å². The Labute approximate surface area is 118 Å². The molecular formula is C15H19NO4. The van der Waals surface area contributed by atoms with E-state index in [9.17, 15) is 15.2 Å². The van der Waals surface area contributed by atoms with E-state index in [-0.39, 0.29) is 35.9 Å². The Bertz CT molecular complexity index is 497. The van der Waals surface area contributed by atoms with Crippen molar-refractivity contribution >= 4 is 5.97 Å². The van der Waals surface area contributed by atoms with Crippen LogP contribution in [0.5, 0.6) is 0 Å². The highest BCUT2D eigenvalue weighted by Gasteiger charge is 2.65. The van der Waals surface area contributed by atoms with Crippen molar-refractivity contribution in [3.8, 4) is 6.07 Å². The molecule has 0 radical (unpaired) electrons. The van der Waals surface area contributed by atoms with Crippen LogP contribution in [-0.2, 0) is 14.3 Å². The van der Waals surface area contributed by atoms with Crippen LogP contribution in [-0.4, -0.2) is 29.6 Å². The first-order chi connectivity index (χ1) is 9.45. The Morgan fingerprint density at radius 2 is 2.20 bits per heavy atom. The molecule has 1 heterocycles. The Kier molecular flexibility index (Phi) is 3.11. The van der Waals surface area contributed by atoms with E-state index in [0.29, 0.717) is 17.9 Å². The molecule has 1 N–H and O–H groups in total. The zero-order valence-corrected chi connectivity index (χ0v) is 11.7. The highest BCUT2D eigenvalue weighted by molar-refractivity contribution is 5.87. The number of nitriles is 1. The molecule has 0 amide bonds. The molecule has 2 saturated carbocycles. The minimum Gasteiger partial charge on any atom is -0.456 e. The van der Waals surface area contributed by atoms with Crippen molar-refractivity contribution in [1.82, 2.24) is 0 Å². The topological polar surface area (TPSA) is 79.6 Å². The largest absolute Gasteiger partial charge is 0.456 e. The first-order valence-electron chi connectivity index (χ1n) is 7.05. The van der Waals surface area contributed by atoms with Gasteiger partial charge in [0.15, 0.2) is 6.29 Å². The van der Waals surface area contributed by atoms with E-state index in [1.54, 1.807) is 6.92 Å². The molecule has 2 aliphatic carbocycles. The van der Waals surface area contributed by atoms with E-state index in [0.717, 1.165) is 0 Å². The SMILES string of the molecule is C=C(C)C(=O)OC1CC2C(C)C3C1OC(O)C3C2C#N. The lowest BCUT2D eigenvalue weighted by Crippen LogP contribution is -2.44. The number of carbonyl (C=O) groups is 1. The van der Waals surface area contributed by atoms with Gasteiger partial charge in [-0.05, 0) is 25.2 Å². The summed E-state index contributed by atoms with van der Waals surface area (Å²) in [5.41, 5.74) is 0.350.